The number of hydrogen-bond donors (Lipinski definition) is 3. The number of halogens is 6. The molecular formula is C30H43F6N3O3. The van der Waals surface area contributed by atoms with Gasteiger partial charge in [0.1, 0.15) is 0 Å². The van der Waals surface area contributed by atoms with E-state index in [2.05, 4.69) is 40.6 Å². The molecule has 2 fully saturated rings. The number of primary amides is 1. The number of alkyl halides is 6. The molecule has 1 saturated carbocycles. The zero-order valence-corrected chi connectivity index (χ0v) is 24.7. The van der Waals surface area contributed by atoms with E-state index < -0.39 is 29.6 Å². The van der Waals surface area contributed by atoms with Gasteiger partial charge < -0.3 is 21.1 Å². The van der Waals surface area contributed by atoms with Crippen LogP contribution in [0.3, 0.4) is 0 Å². The topological polar surface area (TPSA) is 93.4 Å². The van der Waals surface area contributed by atoms with Crippen LogP contribution in [0, 0.1) is 0 Å². The van der Waals surface area contributed by atoms with E-state index in [4.69, 9.17) is 9.53 Å². The Bertz CT molecular complexity index is 988. The Morgan fingerprint density at radius 2 is 1.45 bits per heavy atom. The molecule has 12 heteroatoms. The van der Waals surface area contributed by atoms with E-state index in [1.807, 2.05) is 19.9 Å². The minimum Gasteiger partial charge on any atom is -0.377 e. The fraction of sp³-hybridized carbons (Fsp3) is 0.533. The third-order valence-corrected chi connectivity index (χ3v) is 5.81. The zero-order chi connectivity index (χ0) is 32.3. The molecule has 2 amide bonds. The first-order valence-electron chi connectivity index (χ1n) is 13.8. The molecule has 42 heavy (non-hydrogen) atoms. The van der Waals surface area contributed by atoms with Crippen molar-refractivity contribution in [2.24, 2.45) is 5.73 Å². The molecule has 4 N–H and O–H groups in total. The molecule has 1 aliphatic carbocycles. The summed E-state index contributed by atoms with van der Waals surface area (Å²) in [6, 6.07) is 12.6. The maximum Gasteiger partial charge on any atom is 0.416 e. The van der Waals surface area contributed by atoms with Crippen molar-refractivity contribution in [2.75, 3.05) is 13.7 Å². The second-order valence-corrected chi connectivity index (χ2v) is 9.26. The number of benzene rings is 2. The van der Waals surface area contributed by atoms with Gasteiger partial charge in [-0.25, -0.2) is 0 Å². The summed E-state index contributed by atoms with van der Waals surface area (Å²) in [6.07, 6.45) is -3.64. The van der Waals surface area contributed by atoms with Crippen molar-refractivity contribution in [1.82, 2.24) is 10.6 Å². The number of carbonyl (C=O) groups is 2. The van der Waals surface area contributed by atoms with Crippen molar-refractivity contribution >= 4 is 12.3 Å². The molecule has 6 nitrogen and oxygen atoms in total. The smallest absolute Gasteiger partial charge is 0.377 e. The molecule has 1 heterocycles. The van der Waals surface area contributed by atoms with Gasteiger partial charge >= 0.3 is 12.4 Å². The Balaban J connectivity index is 0.000000638. The Hall–Kier alpha value is -3.12. The monoisotopic (exact) mass is 607 g/mol. The van der Waals surface area contributed by atoms with Crippen LogP contribution in [0.4, 0.5) is 26.3 Å². The van der Waals surface area contributed by atoms with Crippen molar-refractivity contribution in [3.8, 4) is 0 Å². The van der Waals surface area contributed by atoms with Gasteiger partial charge in [-0.3, -0.25) is 9.59 Å². The lowest BCUT2D eigenvalue weighted by atomic mass is 9.95. The maximum atomic E-state index is 12.5. The highest BCUT2D eigenvalue weighted by Gasteiger charge is 2.37. The molecule has 3 atom stereocenters. The fourth-order valence-electron chi connectivity index (χ4n) is 3.59. The van der Waals surface area contributed by atoms with Gasteiger partial charge in [0.25, 0.3) is 0 Å². The number of piperidine rings is 1. The van der Waals surface area contributed by atoms with E-state index in [9.17, 15) is 31.1 Å². The third kappa shape index (κ3) is 16.4. The highest BCUT2D eigenvalue weighted by molar-refractivity contribution is 5.73. The molecule has 1 saturated heterocycles. The van der Waals surface area contributed by atoms with Crippen molar-refractivity contribution in [1.29, 1.82) is 0 Å². The third-order valence-electron chi connectivity index (χ3n) is 5.81. The Morgan fingerprint density at radius 1 is 0.976 bits per heavy atom. The van der Waals surface area contributed by atoms with Gasteiger partial charge in [-0.15, -0.1) is 0 Å². The summed E-state index contributed by atoms with van der Waals surface area (Å²) in [5.41, 5.74) is 2.66. The summed E-state index contributed by atoms with van der Waals surface area (Å²) in [5.74, 6) is 0.0601. The van der Waals surface area contributed by atoms with Crippen molar-refractivity contribution in [3.05, 3.63) is 70.8 Å². The molecule has 0 aromatic heterocycles. The number of carbonyl (C=O) groups excluding carboxylic acids is 2. The van der Waals surface area contributed by atoms with E-state index in [1.165, 1.54) is 38.9 Å². The van der Waals surface area contributed by atoms with E-state index in [1.54, 1.807) is 6.92 Å². The summed E-state index contributed by atoms with van der Waals surface area (Å²) in [5, 5.41) is 6.43. The summed E-state index contributed by atoms with van der Waals surface area (Å²) in [4.78, 5) is 19.5. The van der Waals surface area contributed by atoms with E-state index in [0.29, 0.717) is 18.2 Å². The Morgan fingerprint density at radius 3 is 1.79 bits per heavy atom. The predicted molar refractivity (Wildman–Crippen MR) is 151 cm³/mol. The molecule has 1 aliphatic heterocycles. The molecule has 2 aromatic rings. The van der Waals surface area contributed by atoms with Crippen molar-refractivity contribution < 1.29 is 40.7 Å². The normalized spacial score (nSPS) is 18.0. The van der Waals surface area contributed by atoms with Gasteiger partial charge in [0.05, 0.1) is 17.2 Å². The van der Waals surface area contributed by atoms with Gasteiger partial charge in [-0.1, -0.05) is 63.4 Å². The molecule has 238 valence electrons. The molecular weight excluding hydrogens is 564 g/mol. The van der Waals surface area contributed by atoms with Crippen LogP contribution < -0.4 is 16.4 Å². The standard InChI is InChI=1S/C13H18N2O.C11H10F6O.C3H6.C2H6.CH3NO/c1-10(16)15-12-7-8-13(14-9-12)11-5-3-2-4-6-11;1-6(18-2)7-3-8(10(12,13)14)5-9(4-7)11(15,16)17;1-2-3-1;1-2;2-1-3/h2-6,12-14H,7-9H2,1H3,(H,15,16);3-6H,1-2H3;1-3H2;1-2H3;1H,(H2,2,3)/t;6-;;;/m.1.../s1. The second-order valence-electron chi connectivity index (χ2n) is 9.26. The number of methoxy groups -OCH3 is 1. The molecule has 2 unspecified atom stereocenters. The summed E-state index contributed by atoms with van der Waals surface area (Å²) >= 11 is 0. The molecule has 2 aliphatic rings. The lowest BCUT2D eigenvalue weighted by Gasteiger charge is -2.30. The first-order valence-corrected chi connectivity index (χ1v) is 13.8. The summed E-state index contributed by atoms with van der Waals surface area (Å²) in [7, 11) is 1.21. The van der Waals surface area contributed by atoms with Gasteiger partial charge in [0.15, 0.2) is 0 Å². The van der Waals surface area contributed by atoms with Gasteiger partial charge in [-0.05, 0) is 49.1 Å². The number of ether oxygens (including phenoxy) is 1. The Kier molecular flexibility index (Phi) is 18.4. The van der Waals surface area contributed by atoms with Crippen LogP contribution in [0.25, 0.3) is 0 Å². The van der Waals surface area contributed by atoms with E-state index >= 15 is 0 Å². The molecule has 2 aromatic carbocycles. The van der Waals surface area contributed by atoms with Crippen LogP contribution in [-0.2, 0) is 26.7 Å². The SMILES string of the molecule is C1CC1.CC.CC(=O)NC1CCC(c2ccccc2)NC1.CO[C@H](C)c1cc(C(F)(F)F)cc(C(F)(F)F)c1.NC=O. The average molecular weight is 608 g/mol. The van der Waals surface area contributed by atoms with Crippen LogP contribution in [0.2, 0.25) is 0 Å². The van der Waals surface area contributed by atoms with E-state index in [0.717, 1.165) is 19.4 Å². The summed E-state index contributed by atoms with van der Waals surface area (Å²) in [6.45, 7) is 7.80. The van der Waals surface area contributed by atoms with Crippen LogP contribution >= 0.6 is 0 Å². The fourth-order valence-corrected chi connectivity index (χ4v) is 3.59. The molecule has 0 radical (unpaired) electrons. The van der Waals surface area contributed by atoms with Crippen molar-refractivity contribution in [3.63, 3.8) is 0 Å². The number of nitrogens with one attached hydrogen (secondary N) is 2. The highest BCUT2D eigenvalue weighted by Crippen LogP contribution is 2.37. The zero-order valence-electron chi connectivity index (χ0n) is 24.7. The van der Waals surface area contributed by atoms with Crippen LogP contribution in [0.1, 0.15) is 94.2 Å². The lowest BCUT2D eigenvalue weighted by molar-refractivity contribution is -0.143. The number of nitrogens with two attached hydrogens (primary N) is 1. The second kappa shape index (κ2) is 19.9. The highest BCUT2D eigenvalue weighted by atomic mass is 19.4. The predicted octanol–water partition coefficient (Wildman–Crippen LogP) is 7.35. The Labute approximate surface area is 244 Å². The molecule has 4 rings (SSSR count). The van der Waals surface area contributed by atoms with Crippen LogP contribution in [0.5, 0.6) is 0 Å². The summed E-state index contributed by atoms with van der Waals surface area (Å²) < 4.78 is 79.7. The molecule has 0 bridgehead atoms. The number of hydrogen-bond acceptors (Lipinski definition) is 4. The lowest BCUT2D eigenvalue weighted by Crippen LogP contribution is -2.46. The van der Waals surface area contributed by atoms with Crippen LogP contribution in [0.15, 0.2) is 48.5 Å². The van der Waals surface area contributed by atoms with Gasteiger partial charge in [0, 0.05) is 32.7 Å². The minimum absolute atomic E-state index is 0.0601. The first kappa shape index (κ1) is 38.9. The van der Waals surface area contributed by atoms with E-state index in [-0.39, 0.29) is 30.0 Å². The molecule has 0 spiro atoms. The number of amides is 2. The van der Waals surface area contributed by atoms with Crippen molar-refractivity contribution in [2.45, 2.75) is 90.3 Å². The number of rotatable bonds is 4. The first-order chi connectivity index (χ1) is 19.7. The maximum absolute atomic E-state index is 12.5. The minimum atomic E-state index is -4.83. The van der Waals surface area contributed by atoms with Gasteiger partial charge in [-0.2, -0.15) is 26.3 Å². The quantitative estimate of drug-likeness (QED) is 0.250. The van der Waals surface area contributed by atoms with Gasteiger partial charge in [0.2, 0.25) is 12.3 Å². The largest absolute Gasteiger partial charge is 0.416 e. The van der Waals surface area contributed by atoms with Crippen LogP contribution in [-0.4, -0.2) is 32.0 Å². The average Bonchev–Trinajstić information content (AvgIpc) is 3.84.